The molecule has 0 aliphatic rings. The van der Waals surface area contributed by atoms with Crippen molar-refractivity contribution < 1.29 is 10.6 Å². The Morgan fingerprint density at radius 1 is 0.471 bits per heavy atom. The molecule has 4 aromatic rings. The molecule has 0 saturated heterocycles. The average molecular weight is 453 g/mol. The number of nitrogens with one attached hydrogen (secondary N) is 2. The van der Waals surface area contributed by atoms with Crippen LogP contribution in [0.1, 0.15) is 39.2 Å². The lowest BCUT2D eigenvalue weighted by Crippen LogP contribution is -2.70. The molecule has 0 atom stereocenters. The van der Waals surface area contributed by atoms with E-state index in [2.05, 4.69) is 146 Å². The molecular weight excluding hydrogens is 416 g/mol. The van der Waals surface area contributed by atoms with Crippen molar-refractivity contribution in [2.24, 2.45) is 0 Å². The molecule has 34 heavy (non-hydrogen) atoms. The monoisotopic (exact) mass is 452 g/mol. The lowest BCUT2D eigenvalue weighted by Gasteiger charge is -2.10. The third-order valence-electron chi connectivity index (χ3n) is 5.75. The van der Waals surface area contributed by atoms with Gasteiger partial charge in [-0.3, -0.25) is 10.6 Å². The highest BCUT2D eigenvalue weighted by molar-refractivity contribution is 5.62. The van der Waals surface area contributed by atoms with Crippen LogP contribution in [0.2, 0.25) is 0 Å². The summed E-state index contributed by atoms with van der Waals surface area (Å²) in [7, 11) is 0. The van der Waals surface area contributed by atoms with Gasteiger partial charge in [0.2, 0.25) is 0 Å². The molecule has 0 aliphatic heterocycles. The van der Waals surface area contributed by atoms with Crippen LogP contribution in [0.3, 0.4) is 0 Å². The molecule has 0 heterocycles. The number of benzene rings is 4. The fourth-order valence-corrected chi connectivity index (χ4v) is 3.86. The summed E-state index contributed by atoms with van der Waals surface area (Å²) >= 11 is 0. The fraction of sp³-hybridized carbons (Fsp3) is 0.200. The standard InChI is InChI=1S/C30H34N4/c1-21(2)23-5-7-25(8-6-23)32-27-13-15-29(16-14-27)34-30-19-17-28(18-20-30)33-26-11-9-24(10-12-26)31-22(3)4/h5-22,31-34H,1-4H3/p+2. The van der Waals surface area contributed by atoms with E-state index in [9.17, 15) is 0 Å². The van der Waals surface area contributed by atoms with Gasteiger partial charge < -0.3 is 10.6 Å². The predicted octanol–water partition coefficient (Wildman–Crippen LogP) is 6.43. The van der Waals surface area contributed by atoms with Crippen molar-refractivity contribution in [1.29, 1.82) is 0 Å². The molecular formula is C30H36N4+2. The van der Waals surface area contributed by atoms with Crippen molar-refractivity contribution in [2.45, 2.75) is 39.7 Å². The van der Waals surface area contributed by atoms with E-state index in [1.165, 1.54) is 28.3 Å². The van der Waals surface area contributed by atoms with E-state index in [4.69, 9.17) is 0 Å². The highest BCUT2D eigenvalue weighted by Gasteiger charge is 2.05. The summed E-state index contributed by atoms with van der Waals surface area (Å²) < 4.78 is 0. The van der Waals surface area contributed by atoms with E-state index in [0.29, 0.717) is 12.0 Å². The average Bonchev–Trinajstić information content (AvgIpc) is 2.83. The van der Waals surface area contributed by atoms with Gasteiger partial charge in [-0.1, -0.05) is 26.0 Å². The van der Waals surface area contributed by atoms with Crippen LogP contribution in [-0.2, 0) is 0 Å². The van der Waals surface area contributed by atoms with Gasteiger partial charge in [-0.05, 0) is 73.9 Å². The molecule has 4 heteroatoms. The number of nitrogens with two attached hydrogens (primary N) is 2. The lowest BCUT2D eigenvalue weighted by molar-refractivity contribution is -0.479. The topological polar surface area (TPSA) is 57.3 Å². The summed E-state index contributed by atoms with van der Waals surface area (Å²) in [5.74, 6) is 0.560. The minimum Gasteiger partial charge on any atom is -0.383 e. The number of hydrogen-bond donors (Lipinski definition) is 4. The smallest absolute Gasteiger partial charge is 0.134 e. The van der Waals surface area contributed by atoms with Gasteiger partial charge >= 0.3 is 0 Å². The normalized spacial score (nSPS) is 11.1. The van der Waals surface area contributed by atoms with Gasteiger partial charge in [0.25, 0.3) is 0 Å². The Kier molecular flexibility index (Phi) is 7.63. The maximum absolute atomic E-state index is 3.50. The van der Waals surface area contributed by atoms with Crippen molar-refractivity contribution in [3.05, 3.63) is 103 Å². The van der Waals surface area contributed by atoms with Crippen molar-refractivity contribution in [1.82, 2.24) is 0 Å². The van der Waals surface area contributed by atoms with Crippen molar-refractivity contribution >= 4 is 39.8 Å². The molecule has 4 aromatic carbocycles. The molecule has 0 radical (unpaired) electrons. The Bertz CT molecular complexity index is 1160. The van der Waals surface area contributed by atoms with Gasteiger partial charge in [0.1, 0.15) is 22.7 Å². The Balaban J connectivity index is 1.31. The third kappa shape index (κ3) is 6.70. The van der Waals surface area contributed by atoms with E-state index in [1.54, 1.807) is 0 Å². The molecule has 0 unspecified atom stereocenters. The first-order valence-corrected chi connectivity index (χ1v) is 12.1. The number of quaternary nitrogens is 2. The highest BCUT2D eigenvalue weighted by Crippen LogP contribution is 2.20. The molecule has 0 saturated carbocycles. The predicted molar refractivity (Wildman–Crippen MR) is 144 cm³/mol. The molecule has 6 N–H and O–H groups in total. The Morgan fingerprint density at radius 3 is 1.18 bits per heavy atom. The van der Waals surface area contributed by atoms with Crippen LogP contribution >= 0.6 is 0 Å². The maximum Gasteiger partial charge on any atom is 0.134 e. The van der Waals surface area contributed by atoms with Crippen LogP contribution < -0.4 is 21.3 Å². The second-order valence-corrected chi connectivity index (χ2v) is 9.40. The minimum atomic E-state index is 0.436. The van der Waals surface area contributed by atoms with Crippen LogP contribution in [0.15, 0.2) is 97.1 Å². The van der Waals surface area contributed by atoms with Gasteiger partial charge in [-0.25, -0.2) is 0 Å². The van der Waals surface area contributed by atoms with Crippen LogP contribution in [-0.4, -0.2) is 6.04 Å². The summed E-state index contributed by atoms with van der Waals surface area (Å²) in [5, 5.41) is 11.3. The maximum atomic E-state index is 3.50. The van der Waals surface area contributed by atoms with Gasteiger partial charge in [0, 0.05) is 59.5 Å². The molecule has 0 fully saturated rings. The molecule has 4 rings (SSSR count). The lowest BCUT2D eigenvalue weighted by atomic mass is 10.0. The van der Waals surface area contributed by atoms with Crippen LogP contribution in [0.25, 0.3) is 0 Å². The summed E-state index contributed by atoms with van der Waals surface area (Å²) in [5.41, 5.74) is 9.48. The quantitative estimate of drug-likeness (QED) is 0.221. The molecule has 0 amide bonds. The summed E-state index contributed by atoms with van der Waals surface area (Å²) in [6.07, 6.45) is 0. The SMILES string of the molecule is CC(C)Nc1ccc([NH2+]c2ccc(Nc3ccc([NH2+]c4ccc(C(C)C)cc4)cc3)cc2)cc1. The summed E-state index contributed by atoms with van der Waals surface area (Å²) in [6, 6.07) is 34.9. The van der Waals surface area contributed by atoms with E-state index in [1.807, 2.05) is 0 Å². The zero-order valence-corrected chi connectivity index (χ0v) is 20.5. The molecule has 0 aliphatic carbocycles. The van der Waals surface area contributed by atoms with Crippen molar-refractivity contribution in [3.8, 4) is 0 Å². The molecule has 0 aromatic heterocycles. The Morgan fingerprint density at radius 2 is 0.824 bits per heavy atom. The molecule has 174 valence electrons. The van der Waals surface area contributed by atoms with Gasteiger partial charge in [-0.15, -0.1) is 0 Å². The van der Waals surface area contributed by atoms with Crippen molar-refractivity contribution in [2.75, 3.05) is 10.6 Å². The Hall–Kier alpha value is -3.60. The third-order valence-corrected chi connectivity index (χ3v) is 5.75. The second kappa shape index (κ2) is 11.0. The highest BCUT2D eigenvalue weighted by atomic mass is 14.9. The first-order chi connectivity index (χ1) is 16.4. The molecule has 0 spiro atoms. The van der Waals surface area contributed by atoms with E-state index in [-0.39, 0.29) is 0 Å². The van der Waals surface area contributed by atoms with Crippen LogP contribution in [0.4, 0.5) is 39.8 Å². The van der Waals surface area contributed by atoms with Gasteiger partial charge in [0.05, 0.1) is 0 Å². The Labute approximate surface area is 203 Å². The minimum absolute atomic E-state index is 0.436. The van der Waals surface area contributed by atoms with Gasteiger partial charge in [-0.2, -0.15) is 0 Å². The molecule has 4 nitrogen and oxygen atoms in total. The van der Waals surface area contributed by atoms with Gasteiger partial charge in [0.15, 0.2) is 0 Å². The summed E-state index contributed by atoms with van der Waals surface area (Å²) in [4.78, 5) is 0. The van der Waals surface area contributed by atoms with E-state index >= 15 is 0 Å². The van der Waals surface area contributed by atoms with E-state index in [0.717, 1.165) is 17.1 Å². The summed E-state index contributed by atoms with van der Waals surface area (Å²) in [6.45, 7) is 8.74. The zero-order valence-electron chi connectivity index (χ0n) is 20.5. The zero-order chi connectivity index (χ0) is 23.9. The van der Waals surface area contributed by atoms with E-state index < -0.39 is 0 Å². The van der Waals surface area contributed by atoms with Crippen LogP contribution in [0, 0.1) is 0 Å². The van der Waals surface area contributed by atoms with Crippen LogP contribution in [0.5, 0.6) is 0 Å². The largest absolute Gasteiger partial charge is 0.383 e. The first-order valence-electron chi connectivity index (χ1n) is 12.1. The first kappa shape index (κ1) is 23.6. The number of anilines is 3. The number of rotatable bonds is 9. The van der Waals surface area contributed by atoms with Crippen molar-refractivity contribution in [3.63, 3.8) is 0 Å². The second-order valence-electron chi connectivity index (χ2n) is 9.40. The number of hydrogen-bond acceptors (Lipinski definition) is 2. The molecule has 0 bridgehead atoms. The fourth-order valence-electron chi connectivity index (χ4n) is 3.86.